The molecule has 0 spiro atoms. The molecule has 1 N–H and O–H groups in total. The van der Waals surface area contributed by atoms with Gasteiger partial charge >= 0.3 is 0 Å². The van der Waals surface area contributed by atoms with Gasteiger partial charge in [0.25, 0.3) is 0 Å². The summed E-state index contributed by atoms with van der Waals surface area (Å²) in [5.41, 5.74) is 2.79. The molecule has 0 saturated heterocycles. The van der Waals surface area contributed by atoms with E-state index in [0.29, 0.717) is 11.3 Å². The number of ether oxygens (including phenoxy) is 2. The van der Waals surface area contributed by atoms with Crippen molar-refractivity contribution >= 4 is 34.7 Å². The van der Waals surface area contributed by atoms with Gasteiger partial charge in [-0.05, 0) is 24.3 Å². The predicted molar refractivity (Wildman–Crippen MR) is 96.5 cm³/mol. The van der Waals surface area contributed by atoms with Crippen molar-refractivity contribution in [1.29, 1.82) is 5.26 Å². The molecule has 0 aliphatic heterocycles. The first-order chi connectivity index (χ1) is 11.2. The number of halogens is 1. The van der Waals surface area contributed by atoms with E-state index in [0.717, 1.165) is 28.1 Å². The lowest BCUT2D eigenvalue weighted by Crippen LogP contribution is -1.97. The van der Waals surface area contributed by atoms with Crippen LogP contribution in [0.5, 0.6) is 11.5 Å². The Morgan fingerprint density at radius 3 is 2.50 bits per heavy atom. The van der Waals surface area contributed by atoms with Gasteiger partial charge in [-0.1, -0.05) is 6.07 Å². The van der Waals surface area contributed by atoms with Crippen LogP contribution in [0, 0.1) is 11.3 Å². The molecular weight excluding hydrogens is 326 g/mol. The quantitative estimate of drug-likeness (QED) is 0.766. The van der Waals surface area contributed by atoms with Crippen LogP contribution < -0.4 is 14.8 Å². The largest absolute Gasteiger partial charge is 0.497 e. The van der Waals surface area contributed by atoms with Crippen LogP contribution >= 0.6 is 12.4 Å². The number of anilines is 2. The molecule has 0 bridgehead atoms. The van der Waals surface area contributed by atoms with Crippen LogP contribution in [0.25, 0.3) is 10.9 Å². The standard InChI is InChI=1S/C18H15N3O2.ClH/c1-22-14-5-3-4-13(8-14)21-18-12(10-19)11-20-17-9-15(23-2)6-7-16(17)18;/h3-9,11H,1-2H3,(H,20,21);1H. The molecule has 24 heavy (non-hydrogen) atoms. The Kier molecular flexibility index (Phi) is 5.46. The number of benzene rings is 2. The van der Waals surface area contributed by atoms with Crippen molar-refractivity contribution in [1.82, 2.24) is 4.98 Å². The Labute approximate surface area is 146 Å². The Morgan fingerprint density at radius 2 is 1.79 bits per heavy atom. The lowest BCUT2D eigenvalue weighted by Gasteiger charge is -2.13. The van der Waals surface area contributed by atoms with E-state index >= 15 is 0 Å². The topological polar surface area (TPSA) is 67.2 Å². The van der Waals surface area contributed by atoms with Gasteiger partial charge in [0.1, 0.15) is 17.6 Å². The summed E-state index contributed by atoms with van der Waals surface area (Å²) < 4.78 is 10.5. The minimum Gasteiger partial charge on any atom is -0.497 e. The average Bonchev–Trinajstić information content (AvgIpc) is 2.61. The van der Waals surface area contributed by atoms with Gasteiger partial charge < -0.3 is 14.8 Å². The van der Waals surface area contributed by atoms with E-state index in [9.17, 15) is 5.26 Å². The molecule has 0 atom stereocenters. The highest BCUT2D eigenvalue weighted by atomic mass is 35.5. The van der Waals surface area contributed by atoms with E-state index in [1.807, 2.05) is 42.5 Å². The maximum atomic E-state index is 9.38. The first kappa shape index (κ1) is 17.4. The minimum atomic E-state index is 0. The third-order valence-electron chi connectivity index (χ3n) is 3.54. The number of methoxy groups -OCH3 is 2. The fourth-order valence-corrected chi connectivity index (χ4v) is 2.36. The molecule has 2 aromatic carbocycles. The smallest absolute Gasteiger partial charge is 0.121 e. The van der Waals surface area contributed by atoms with E-state index in [2.05, 4.69) is 16.4 Å². The molecule has 1 aromatic heterocycles. The van der Waals surface area contributed by atoms with E-state index in [1.165, 1.54) is 0 Å². The van der Waals surface area contributed by atoms with Crippen molar-refractivity contribution in [2.24, 2.45) is 0 Å². The van der Waals surface area contributed by atoms with Gasteiger partial charge in [0.2, 0.25) is 0 Å². The number of nitriles is 1. The van der Waals surface area contributed by atoms with Crippen molar-refractivity contribution < 1.29 is 9.47 Å². The molecule has 3 aromatic rings. The molecule has 1 heterocycles. The molecule has 6 heteroatoms. The van der Waals surface area contributed by atoms with Crippen LogP contribution in [0.3, 0.4) is 0 Å². The van der Waals surface area contributed by atoms with Gasteiger partial charge in [-0.15, -0.1) is 12.4 Å². The zero-order valence-corrected chi connectivity index (χ0v) is 14.1. The number of aromatic nitrogens is 1. The van der Waals surface area contributed by atoms with Crippen molar-refractivity contribution in [2.45, 2.75) is 0 Å². The highest BCUT2D eigenvalue weighted by Crippen LogP contribution is 2.31. The molecule has 122 valence electrons. The third kappa shape index (κ3) is 3.34. The predicted octanol–water partition coefficient (Wildman–Crippen LogP) is 4.29. The highest BCUT2D eigenvalue weighted by molar-refractivity contribution is 5.96. The van der Waals surface area contributed by atoms with Crippen molar-refractivity contribution in [3.63, 3.8) is 0 Å². The van der Waals surface area contributed by atoms with Crippen LogP contribution in [-0.4, -0.2) is 19.2 Å². The number of pyridine rings is 1. The van der Waals surface area contributed by atoms with Gasteiger partial charge in [0.05, 0.1) is 31.0 Å². The van der Waals surface area contributed by atoms with Gasteiger partial charge in [0.15, 0.2) is 0 Å². The second kappa shape index (κ2) is 7.53. The Morgan fingerprint density at radius 1 is 1.04 bits per heavy atom. The van der Waals surface area contributed by atoms with E-state index in [4.69, 9.17) is 9.47 Å². The fraction of sp³-hybridized carbons (Fsp3) is 0.111. The fourth-order valence-electron chi connectivity index (χ4n) is 2.36. The number of hydrogen-bond donors (Lipinski definition) is 1. The van der Waals surface area contributed by atoms with Crippen LogP contribution in [-0.2, 0) is 0 Å². The summed E-state index contributed by atoms with van der Waals surface area (Å²) in [6, 6.07) is 15.3. The summed E-state index contributed by atoms with van der Waals surface area (Å²) in [5, 5.41) is 13.5. The van der Waals surface area contributed by atoms with E-state index in [-0.39, 0.29) is 12.4 Å². The Hall–Kier alpha value is -2.97. The zero-order chi connectivity index (χ0) is 16.2. The molecule has 0 saturated carbocycles. The Balaban J connectivity index is 0.00000208. The molecule has 0 fully saturated rings. The molecule has 0 amide bonds. The van der Waals surface area contributed by atoms with Crippen LogP contribution in [0.1, 0.15) is 5.56 Å². The molecule has 0 radical (unpaired) electrons. The van der Waals surface area contributed by atoms with Crippen molar-refractivity contribution in [2.75, 3.05) is 19.5 Å². The van der Waals surface area contributed by atoms with Gasteiger partial charge in [-0.25, -0.2) is 0 Å². The molecular formula is C18H16ClN3O2. The lowest BCUT2D eigenvalue weighted by molar-refractivity contribution is 0.415. The van der Waals surface area contributed by atoms with Crippen LogP contribution in [0.2, 0.25) is 0 Å². The third-order valence-corrected chi connectivity index (χ3v) is 3.54. The van der Waals surface area contributed by atoms with Gasteiger partial charge in [0, 0.05) is 29.4 Å². The average molecular weight is 342 g/mol. The summed E-state index contributed by atoms with van der Waals surface area (Å²) in [6.07, 6.45) is 1.56. The zero-order valence-electron chi connectivity index (χ0n) is 13.2. The SMILES string of the molecule is COc1cccc(Nc2c(C#N)cnc3cc(OC)ccc23)c1.Cl. The Bertz CT molecular complexity index is 906. The normalized spacial score (nSPS) is 9.71. The van der Waals surface area contributed by atoms with Crippen LogP contribution in [0.4, 0.5) is 11.4 Å². The maximum absolute atomic E-state index is 9.38. The summed E-state index contributed by atoms with van der Waals surface area (Å²) in [4.78, 5) is 4.33. The first-order valence-electron chi connectivity index (χ1n) is 7.03. The highest BCUT2D eigenvalue weighted by Gasteiger charge is 2.10. The van der Waals surface area contributed by atoms with Crippen molar-refractivity contribution in [3.8, 4) is 17.6 Å². The lowest BCUT2D eigenvalue weighted by atomic mass is 10.1. The molecule has 3 rings (SSSR count). The minimum absolute atomic E-state index is 0. The molecule has 5 nitrogen and oxygen atoms in total. The van der Waals surface area contributed by atoms with E-state index < -0.39 is 0 Å². The monoisotopic (exact) mass is 341 g/mol. The number of fused-ring (bicyclic) bond motifs is 1. The molecule has 0 aliphatic carbocycles. The van der Waals surface area contributed by atoms with E-state index in [1.54, 1.807) is 20.4 Å². The summed E-state index contributed by atoms with van der Waals surface area (Å²) in [5.74, 6) is 1.47. The van der Waals surface area contributed by atoms with Gasteiger partial charge in [-0.2, -0.15) is 5.26 Å². The summed E-state index contributed by atoms with van der Waals surface area (Å²) >= 11 is 0. The summed E-state index contributed by atoms with van der Waals surface area (Å²) in [6.45, 7) is 0. The van der Waals surface area contributed by atoms with Crippen LogP contribution in [0.15, 0.2) is 48.7 Å². The van der Waals surface area contributed by atoms with Crippen molar-refractivity contribution in [3.05, 3.63) is 54.2 Å². The number of hydrogen-bond acceptors (Lipinski definition) is 5. The molecule has 0 aliphatic rings. The number of nitrogens with one attached hydrogen (secondary N) is 1. The summed E-state index contributed by atoms with van der Waals surface area (Å²) in [7, 11) is 3.23. The van der Waals surface area contributed by atoms with Gasteiger partial charge in [-0.3, -0.25) is 4.98 Å². The number of nitrogens with zero attached hydrogens (tertiary/aromatic N) is 2. The second-order valence-corrected chi connectivity index (χ2v) is 4.90. The first-order valence-corrected chi connectivity index (χ1v) is 7.03. The molecule has 0 unspecified atom stereocenters. The maximum Gasteiger partial charge on any atom is 0.121 e. The number of rotatable bonds is 4. The second-order valence-electron chi connectivity index (χ2n) is 4.90.